The second-order valence-electron chi connectivity index (χ2n) is 4.24. The largest absolute Gasteiger partial charge is 0.346 e. The second kappa shape index (κ2) is 4.56. The van der Waals surface area contributed by atoms with Gasteiger partial charge in [-0.2, -0.15) is 5.21 Å². The van der Waals surface area contributed by atoms with Gasteiger partial charge in [-0.25, -0.2) is 0 Å². The van der Waals surface area contributed by atoms with Crippen LogP contribution in [0.15, 0.2) is 0 Å². The molecule has 0 saturated carbocycles. The fraction of sp³-hybridized carbons (Fsp3) is 0.778. The lowest BCUT2D eigenvalue weighted by Gasteiger charge is -2.16. The minimum Gasteiger partial charge on any atom is -0.346 e. The summed E-state index contributed by atoms with van der Waals surface area (Å²) in [5.41, 5.74) is 0. The Hall–Kier alpha value is -1.50. The lowest BCUT2D eigenvalue weighted by molar-refractivity contribution is -0.126. The van der Waals surface area contributed by atoms with Crippen molar-refractivity contribution < 1.29 is 4.79 Å². The normalized spacial score (nSPS) is 26.6. The molecular weight excluding hydrogens is 208 g/mol. The summed E-state index contributed by atoms with van der Waals surface area (Å²) in [5.74, 6) is 0.966. The third kappa shape index (κ3) is 2.19. The van der Waals surface area contributed by atoms with Gasteiger partial charge in [0, 0.05) is 6.54 Å². The molecule has 0 bridgehead atoms. The number of aromatic amines is 1. The molecule has 1 aliphatic rings. The topological polar surface area (TPSA) is 95.6 Å². The highest BCUT2D eigenvalue weighted by atomic mass is 16.2. The Kier molecular flexibility index (Phi) is 3.14. The minimum absolute atomic E-state index is 0.0364. The molecule has 1 amide bonds. The molecule has 0 radical (unpaired) electrons. The highest BCUT2D eigenvalue weighted by Gasteiger charge is 2.30. The summed E-state index contributed by atoms with van der Waals surface area (Å²) < 4.78 is 0. The van der Waals surface area contributed by atoms with Gasteiger partial charge in [0.2, 0.25) is 5.91 Å². The van der Waals surface area contributed by atoms with Crippen LogP contribution < -0.4 is 10.6 Å². The average Bonchev–Trinajstić information content (AvgIpc) is 2.86. The summed E-state index contributed by atoms with van der Waals surface area (Å²) in [6.07, 6.45) is 0. The smallest absolute Gasteiger partial charge is 0.225 e. The Morgan fingerprint density at radius 3 is 2.94 bits per heavy atom. The average molecular weight is 224 g/mol. The lowest BCUT2D eigenvalue weighted by Crippen LogP contribution is -2.36. The highest BCUT2D eigenvalue weighted by Crippen LogP contribution is 2.17. The van der Waals surface area contributed by atoms with E-state index in [1.54, 1.807) is 0 Å². The minimum atomic E-state index is -0.209. The van der Waals surface area contributed by atoms with Crippen LogP contribution in [0.3, 0.4) is 0 Å². The van der Waals surface area contributed by atoms with Crippen LogP contribution in [0.1, 0.15) is 25.7 Å². The van der Waals surface area contributed by atoms with E-state index >= 15 is 0 Å². The lowest BCUT2D eigenvalue weighted by atomic mass is 9.97. The van der Waals surface area contributed by atoms with Crippen molar-refractivity contribution in [1.82, 2.24) is 31.3 Å². The number of hydrogen-bond donors (Lipinski definition) is 3. The van der Waals surface area contributed by atoms with Crippen molar-refractivity contribution in [2.45, 2.75) is 19.9 Å². The summed E-state index contributed by atoms with van der Waals surface area (Å²) in [6, 6.07) is -0.209. The van der Waals surface area contributed by atoms with Gasteiger partial charge in [0.25, 0.3) is 0 Å². The monoisotopic (exact) mass is 224 g/mol. The molecule has 0 aromatic carbocycles. The van der Waals surface area contributed by atoms with Gasteiger partial charge in [0.1, 0.15) is 0 Å². The summed E-state index contributed by atoms with van der Waals surface area (Å²) in [4.78, 5) is 11.9. The summed E-state index contributed by atoms with van der Waals surface area (Å²) in [7, 11) is 0. The van der Waals surface area contributed by atoms with Crippen molar-refractivity contribution in [1.29, 1.82) is 0 Å². The van der Waals surface area contributed by atoms with Gasteiger partial charge in [-0.05, 0) is 19.4 Å². The zero-order valence-electron chi connectivity index (χ0n) is 9.40. The predicted octanol–water partition coefficient (Wildman–Crippen LogP) is -0.768. The zero-order chi connectivity index (χ0) is 11.5. The van der Waals surface area contributed by atoms with E-state index in [9.17, 15) is 4.79 Å². The van der Waals surface area contributed by atoms with Crippen molar-refractivity contribution in [2.75, 3.05) is 13.1 Å². The zero-order valence-corrected chi connectivity index (χ0v) is 9.40. The quantitative estimate of drug-likeness (QED) is 0.626. The summed E-state index contributed by atoms with van der Waals surface area (Å²) in [5, 5.41) is 19.6. The molecule has 1 fully saturated rings. The molecule has 3 N–H and O–H groups in total. The van der Waals surface area contributed by atoms with Crippen LogP contribution in [0.5, 0.6) is 0 Å². The van der Waals surface area contributed by atoms with E-state index in [0.717, 1.165) is 13.1 Å². The number of H-pyrrole nitrogens is 1. The Balaban J connectivity index is 1.92. The van der Waals surface area contributed by atoms with Crippen molar-refractivity contribution in [3.63, 3.8) is 0 Å². The Morgan fingerprint density at radius 1 is 1.56 bits per heavy atom. The molecule has 1 aliphatic heterocycles. The summed E-state index contributed by atoms with van der Waals surface area (Å²) >= 11 is 0. The van der Waals surface area contributed by atoms with E-state index in [1.165, 1.54) is 0 Å². The number of tetrazole rings is 1. The van der Waals surface area contributed by atoms with Crippen LogP contribution in [0.2, 0.25) is 0 Å². The third-order valence-electron chi connectivity index (χ3n) is 2.96. The number of carbonyl (C=O) groups is 1. The van der Waals surface area contributed by atoms with Gasteiger partial charge in [0.05, 0.1) is 12.0 Å². The molecule has 1 aromatic rings. The van der Waals surface area contributed by atoms with Gasteiger partial charge < -0.3 is 10.6 Å². The van der Waals surface area contributed by atoms with Crippen LogP contribution in [0.4, 0.5) is 0 Å². The third-order valence-corrected chi connectivity index (χ3v) is 2.96. The van der Waals surface area contributed by atoms with Crippen molar-refractivity contribution >= 4 is 5.91 Å². The van der Waals surface area contributed by atoms with Gasteiger partial charge in [-0.15, -0.1) is 10.2 Å². The predicted molar refractivity (Wildman–Crippen MR) is 56.3 cm³/mol. The van der Waals surface area contributed by atoms with Crippen LogP contribution in [0, 0.1) is 11.8 Å². The molecule has 2 rings (SSSR count). The van der Waals surface area contributed by atoms with E-state index in [2.05, 4.69) is 38.2 Å². The SMILES string of the molecule is CC(NC(=O)[C@@H]1CNC[C@H]1C)c1nn[nH]n1. The van der Waals surface area contributed by atoms with Crippen LogP contribution in [-0.2, 0) is 4.79 Å². The maximum absolute atomic E-state index is 11.9. The number of nitrogens with one attached hydrogen (secondary N) is 3. The first-order valence-corrected chi connectivity index (χ1v) is 5.43. The molecule has 0 aliphatic carbocycles. The number of carbonyl (C=O) groups excluding carboxylic acids is 1. The van der Waals surface area contributed by atoms with Gasteiger partial charge in [0.15, 0.2) is 5.82 Å². The fourth-order valence-corrected chi connectivity index (χ4v) is 1.90. The van der Waals surface area contributed by atoms with Crippen LogP contribution >= 0.6 is 0 Å². The van der Waals surface area contributed by atoms with Gasteiger partial charge in [-0.1, -0.05) is 12.1 Å². The molecule has 3 atom stereocenters. The second-order valence-corrected chi connectivity index (χ2v) is 4.24. The molecule has 0 spiro atoms. The standard InChI is InChI=1S/C9H16N6O/c1-5-3-10-4-7(5)9(16)11-6(2)8-12-14-15-13-8/h5-7,10H,3-4H2,1-2H3,(H,11,16)(H,12,13,14,15)/t5-,6?,7-/m1/s1. The number of hydrogen-bond acceptors (Lipinski definition) is 5. The maximum Gasteiger partial charge on any atom is 0.225 e. The van der Waals surface area contributed by atoms with Crippen molar-refractivity contribution in [3.8, 4) is 0 Å². The first kappa shape index (κ1) is 11.0. The Labute approximate surface area is 93.4 Å². The first-order valence-electron chi connectivity index (χ1n) is 5.43. The molecule has 88 valence electrons. The fourth-order valence-electron chi connectivity index (χ4n) is 1.90. The van der Waals surface area contributed by atoms with Crippen LogP contribution in [-0.4, -0.2) is 39.6 Å². The van der Waals surface area contributed by atoms with Crippen molar-refractivity contribution in [2.24, 2.45) is 11.8 Å². The molecular formula is C9H16N6O. The first-order chi connectivity index (χ1) is 7.68. The Bertz CT molecular complexity index is 351. The number of rotatable bonds is 3. The molecule has 1 unspecified atom stereocenters. The van der Waals surface area contributed by atoms with Gasteiger partial charge in [-0.3, -0.25) is 4.79 Å². The van der Waals surface area contributed by atoms with E-state index in [0.29, 0.717) is 11.7 Å². The summed E-state index contributed by atoms with van der Waals surface area (Å²) in [6.45, 7) is 5.56. The van der Waals surface area contributed by atoms with E-state index in [4.69, 9.17) is 0 Å². The molecule has 1 saturated heterocycles. The van der Waals surface area contributed by atoms with Gasteiger partial charge >= 0.3 is 0 Å². The Morgan fingerprint density at radius 2 is 2.38 bits per heavy atom. The van der Waals surface area contributed by atoms with E-state index in [-0.39, 0.29) is 17.9 Å². The van der Waals surface area contributed by atoms with E-state index < -0.39 is 0 Å². The molecule has 7 heteroatoms. The molecule has 2 heterocycles. The van der Waals surface area contributed by atoms with Crippen molar-refractivity contribution in [3.05, 3.63) is 5.82 Å². The van der Waals surface area contributed by atoms with Crippen LogP contribution in [0.25, 0.3) is 0 Å². The molecule has 16 heavy (non-hydrogen) atoms. The molecule has 7 nitrogen and oxygen atoms in total. The number of nitrogens with zero attached hydrogens (tertiary/aromatic N) is 3. The highest BCUT2D eigenvalue weighted by molar-refractivity contribution is 5.79. The number of aromatic nitrogens is 4. The van der Waals surface area contributed by atoms with E-state index in [1.807, 2.05) is 6.92 Å². The number of amides is 1. The molecule has 1 aromatic heterocycles. The maximum atomic E-state index is 11.9.